The summed E-state index contributed by atoms with van der Waals surface area (Å²) in [4.78, 5) is 26.6. The summed E-state index contributed by atoms with van der Waals surface area (Å²) < 4.78 is 17.0. The van der Waals surface area contributed by atoms with Gasteiger partial charge in [0.25, 0.3) is 11.1 Å². The van der Waals surface area contributed by atoms with E-state index in [1.165, 1.54) is 4.90 Å². The Morgan fingerprint density at radius 1 is 1.06 bits per heavy atom. The van der Waals surface area contributed by atoms with Crippen molar-refractivity contribution >= 4 is 40.6 Å². The summed E-state index contributed by atoms with van der Waals surface area (Å²) in [5, 5.41) is 0.292. The van der Waals surface area contributed by atoms with Crippen LogP contribution in [0.3, 0.4) is 0 Å². The van der Waals surface area contributed by atoms with E-state index in [0.717, 1.165) is 17.3 Å². The van der Waals surface area contributed by atoms with Gasteiger partial charge in [-0.25, -0.2) is 0 Å². The van der Waals surface area contributed by atoms with E-state index in [9.17, 15) is 9.59 Å². The van der Waals surface area contributed by atoms with Gasteiger partial charge in [0, 0.05) is 5.02 Å². The second-order valence-electron chi connectivity index (χ2n) is 6.94. The molecule has 0 unspecified atom stereocenters. The molecule has 1 fully saturated rings. The predicted octanol–water partition coefficient (Wildman–Crippen LogP) is 5.64. The van der Waals surface area contributed by atoms with Gasteiger partial charge in [-0.05, 0) is 80.6 Å². The van der Waals surface area contributed by atoms with Crippen molar-refractivity contribution in [1.29, 1.82) is 0 Å². The highest BCUT2D eigenvalue weighted by Gasteiger charge is 2.34. The monoisotopic (exact) mass is 461 g/mol. The molecule has 31 heavy (non-hydrogen) atoms. The van der Waals surface area contributed by atoms with Crippen LogP contribution in [0.2, 0.25) is 5.02 Å². The molecule has 0 bridgehead atoms. The molecule has 1 aliphatic heterocycles. The average Bonchev–Trinajstić information content (AvgIpc) is 2.98. The highest BCUT2D eigenvalue weighted by molar-refractivity contribution is 8.18. The number of rotatable bonds is 9. The van der Waals surface area contributed by atoms with Crippen molar-refractivity contribution in [1.82, 2.24) is 4.90 Å². The minimum Gasteiger partial charge on any atom is -0.492 e. The number of imide groups is 1. The van der Waals surface area contributed by atoms with Gasteiger partial charge in [0.05, 0.1) is 24.2 Å². The van der Waals surface area contributed by atoms with E-state index in [1.807, 2.05) is 26.8 Å². The molecule has 8 heteroatoms. The molecule has 0 aliphatic carbocycles. The Morgan fingerprint density at radius 2 is 1.81 bits per heavy atom. The van der Waals surface area contributed by atoms with Crippen LogP contribution in [0.4, 0.5) is 4.79 Å². The summed E-state index contributed by atoms with van der Waals surface area (Å²) >= 11 is 6.76. The third kappa shape index (κ3) is 6.18. The molecule has 3 rings (SSSR count). The molecule has 2 amide bonds. The standard InChI is InChI=1S/C23H24ClNO5S/c1-4-28-20-13-16(5-10-19(20)30-15(2)3)14-21-22(26)25(23(27)31-21)11-12-29-18-8-6-17(24)7-9-18/h5-10,13-15H,4,11-12H2,1-3H3/b21-14-. The number of thioether (sulfide) groups is 1. The first kappa shape index (κ1) is 23.0. The molecule has 1 saturated heterocycles. The van der Waals surface area contributed by atoms with Gasteiger partial charge in [0.2, 0.25) is 0 Å². The maximum absolute atomic E-state index is 12.7. The van der Waals surface area contributed by atoms with Crippen LogP contribution >= 0.6 is 23.4 Å². The largest absolute Gasteiger partial charge is 0.492 e. The fraction of sp³-hybridized carbons (Fsp3) is 0.304. The van der Waals surface area contributed by atoms with Crippen LogP contribution in [0.25, 0.3) is 6.08 Å². The molecule has 0 spiro atoms. The molecule has 0 aromatic heterocycles. The second kappa shape index (κ2) is 10.6. The van der Waals surface area contributed by atoms with Gasteiger partial charge in [0.15, 0.2) is 11.5 Å². The minimum absolute atomic E-state index is 0.0108. The second-order valence-corrected chi connectivity index (χ2v) is 8.37. The Bertz CT molecular complexity index is 974. The zero-order chi connectivity index (χ0) is 22.4. The number of ether oxygens (including phenoxy) is 3. The molecular formula is C23H24ClNO5S. The summed E-state index contributed by atoms with van der Waals surface area (Å²) in [6, 6.07) is 12.3. The van der Waals surface area contributed by atoms with Gasteiger partial charge in [-0.1, -0.05) is 17.7 Å². The van der Waals surface area contributed by atoms with E-state index >= 15 is 0 Å². The van der Waals surface area contributed by atoms with Crippen LogP contribution in [0.15, 0.2) is 47.4 Å². The zero-order valence-corrected chi connectivity index (χ0v) is 19.2. The van der Waals surface area contributed by atoms with Crippen molar-refractivity contribution in [2.24, 2.45) is 0 Å². The normalized spacial score (nSPS) is 15.1. The van der Waals surface area contributed by atoms with Gasteiger partial charge in [-0.2, -0.15) is 0 Å². The summed E-state index contributed by atoms with van der Waals surface area (Å²) in [5.74, 6) is 1.52. The fourth-order valence-corrected chi connectivity index (χ4v) is 3.85. The van der Waals surface area contributed by atoms with E-state index in [0.29, 0.717) is 33.8 Å². The van der Waals surface area contributed by atoms with Gasteiger partial charge in [-0.3, -0.25) is 14.5 Å². The number of hydrogen-bond donors (Lipinski definition) is 0. The first-order valence-electron chi connectivity index (χ1n) is 9.94. The van der Waals surface area contributed by atoms with Crippen LogP contribution < -0.4 is 14.2 Å². The minimum atomic E-state index is -0.338. The summed E-state index contributed by atoms with van der Waals surface area (Å²) in [5.41, 5.74) is 0.752. The number of nitrogens with zero attached hydrogens (tertiary/aromatic N) is 1. The van der Waals surface area contributed by atoms with Crippen LogP contribution in [0, 0.1) is 0 Å². The van der Waals surface area contributed by atoms with Crippen molar-refractivity contribution < 1.29 is 23.8 Å². The van der Waals surface area contributed by atoms with Gasteiger partial charge in [-0.15, -0.1) is 0 Å². The van der Waals surface area contributed by atoms with E-state index in [2.05, 4.69) is 0 Å². The van der Waals surface area contributed by atoms with Crippen molar-refractivity contribution in [3.8, 4) is 17.2 Å². The quantitative estimate of drug-likeness (QED) is 0.450. The lowest BCUT2D eigenvalue weighted by atomic mass is 10.2. The topological polar surface area (TPSA) is 65.1 Å². The number of carbonyl (C=O) groups is 2. The van der Waals surface area contributed by atoms with Crippen molar-refractivity contribution in [2.75, 3.05) is 19.8 Å². The molecule has 1 aliphatic rings. The molecule has 2 aromatic carbocycles. The third-order valence-corrected chi connectivity index (χ3v) is 5.36. The van der Waals surface area contributed by atoms with Crippen LogP contribution in [0.5, 0.6) is 17.2 Å². The maximum atomic E-state index is 12.7. The summed E-state index contributed by atoms with van der Waals surface area (Å²) in [7, 11) is 0. The molecule has 0 N–H and O–H groups in total. The highest BCUT2D eigenvalue weighted by Crippen LogP contribution is 2.35. The SMILES string of the molecule is CCOc1cc(/C=C2\SC(=O)N(CCOc3ccc(Cl)cc3)C2=O)ccc1OC(C)C. The number of amides is 2. The number of halogens is 1. The number of carbonyl (C=O) groups excluding carboxylic acids is 2. The number of hydrogen-bond acceptors (Lipinski definition) is 6. The maximum Gasteiger partial charge on any atom is 0.293 e. The van der Waals surface area contributed by atoms with Crippen LogP contribution in [-0.2, 0) is 4.79 Å². The first-order chi connectivity index (χ1) is 14.9. The molecule has 0 saturated carbocycles. The number of benzene rings is 2. The van der Waals surface area contributed by atoms with Crippen molar-refractivity contribution in [2.45, 2.75) is 26.9 Å². The molecule has 1 heterocycles. The molecule has 2 aromatic rings. The van der Waals surface area contributed by atoms with E-state index in [-0.39, 0.29) is 30.4 Å². The highest BCUT2D eigenvalue weighted by atomic mass is 35.5. The lowest BCUT2D eigenvalue weighted by molar-refractivity contribution is -0.123. The van der Waals surface area contributed by atoms with Crippen LogP contribution in [0.1, 0.15) is 26.3 Å². The predicted molar refractivity (Wildman–Crippen MR) is 123 cm³/mol. The Hall–Kier alpha value is -2.64. The van der Waals surface area contributed by atoms with Gasteiger partial charge < -0.3 is 14.2 Å². The van der Waals surface area contributed by atoms with E-state index < -0.39 is 0 Å². The van der Waals surface area contributed by atoms with E-state index in [1.54, 1.807) is 42.5 Å². The molecule has 164 valence electrons. The molecular weight excluding hydrogens is 438 g/mol. The van der Waals surface area contributed by atoms with E-state index in [4.69, 9.17) is 25.8 Å². The molecule has 6 nitrogen and oxygen atoms in total. The Balaban J connectivity index is 1.67. The first-order valence-corrected chi connectivity index (χ1v) is 11.1. The van der Waals surface area contributed by atoms with Gasteiger partial charge in [0.1, 0.15) is 12.4 Å². The fourth-order valence-electron chi connectivity index (χ4n) is 2.86. The Morgan fingerprint density at radius 3 is 2.48 bits per heavy atom. The summed E-state index contributed by atoms with van der Waals surface area (Å²) in [6.45, 7) is 6.62. The van der Waals surface area contributed by atoms with Crippen molar-refractivity contribution in [3.05, 3.63) is 58.0 Å². The molecule has 0 atom stereocenters. The lowest BCUT2D eigenvalue weighted by Gasteiger charge is -2.15. The lowest BCUT2D eigenvalue weighted by Crippen LogP contribution is -2.32. The third-order valence-electron chi connectivity index (χ3n) is 4.20. The zero-order valence-electron chi connectivity index (χ0n) is 17.6. The smallest absolute Gasteiger partial charge is 0.293 e. The Labute approximate surface area is 191 Å². The van der Waals surface area contributed by atoms with Crippen LogP contribution in [-0.4, -0.2) is 41.9 Å². The van der Waals surface area contributed by atoms with Crippen molar-refractivity contribution in [3.63, 3.8) is 0 Å². The summed E-state index contributed by atoms with van der Waals surface area (Å²) in [6.07, 6.45) is 1.70. The molecule has 0 radical (unpaired) electrons. The Kier molecular flexibility index (Phi) is 7.87. The van der Waals surface area contributed by atoms with Gasteiger partial charge >= 0.3 is 0 Å². The average molecular weight is 462 g/mol.